The lowest BCUT2D eigenvalue weighted by molar-refractivity contribution is -0.127. The van der Waals surface area contributed by atoms with Crippen molar-refractivity contribution < 1.29 is 14.3 Å². The topological polar surface area (TPSA) is 128 Å². The van der Waals surface area contributed by atoms with Crippen LogP contribution in [0.5, 0.6) is 11.5 Å². The monoisotopic (exact) mass is 544 g/mol. The molecule has 1 aliphatic rings. The predicted octanol–water partition coefficient (Wildman–Crippen LogP) is 3.87. The summed E-state index contributed by atoms with van der Waals surface area (Å²) in [5.41, 5.74) is 7.43. The number of allylic oxidation sites excluding steroid dienone is 1. The average Bonchev–Trinajstić information content (AvgIpc) is 3.22. The van der Waals surface area contributed by atoms with Gasteiger partial charge in [0.15, 0.2) is 19.8 Å². The van der Waals surface area contributed by atoms with Crippen LogP contribution in [0.1, 0.15) is 18.9 Å². The Kier molecular flexibility index (Phi) is 7.35. The number of para-hydroxylation sites is 1. The van der Waals surface area contributed by atoms with E-state index in [0.29, 0.717) is 47.5 Å². The normalized spacial score (nSPS) is 16.2. The molecule has 1 saturated heterocycles. The number of nitrogens with two attached hydrogens (primary N) is 1. The van der Waals surface area contributed by atoms with Gasteiger partial charge in [0.05, 0.1) is 11.7 Å². The second kappa shape index (κ2) is 10.9. The van der Waals surface area contributed by atoms with Crippen molar-refractivity contribution in [1.82, 2.24) is 24.0 Å². The number of nitrogens with zero attached hydrogens (tertiary/aromatic N) is 5. The molecule has 0 aliphatic carbocycles. The van der Waals surface area contributed by atoms with Crippen molar-refractivity contribution in [1.29, 1.82) is 0 Å². The molecule has 0 unspecified atom stereocenters. The molecule has 1 aliphatic heterocycles. The van der Waals surface area contributed by atoms with Crippen molar-refractivity contribution in [3.8, 4) is 17.2 Å². The minimum atomic E-state index is -2.28. The Morgan fingerprint density at radius 3 is 2.56 bits per heavy atom. The van der Waals surface area contributed by atoms with Crippen LogP contribution in [0.2, 0.25) is 19.1 Å². The number of hydrogen-bond donors (Lipinski definition) is 2. The van der Waals surface area contributed by atoms with Gasteiger partial charge in [-0.25, -0.2) is 14.8 Å². The van der Waals surface area contributed by atoms with Crippen molar-refractivity contribution in [3.63, 3.8) is 0 Å². The Balaban J connectivity index is 1.46. The zero-order valence-corrected chi connectivity index (χ0v) is 23.0. The molecule has 1 atom stereocenters. The number of carbonyl (C=O) groups excluding carboxylic acids is 1. The summed E-state index contributed by atoms with van der Waals surface area (Å²) in [6.07, 6.45) is 6.09. The van der Waals surface area contributed by atoms with Gasteiger partial charge < -0.3 is 20.2 Å². The van der Waals surface area contributed by atoms with E-state index in [2.05, 4.69) is 9.97 Å². The molecule has 0 spiro atoms. The van der Waals surface area contributed by atoms with Crippen molar-refractivity contribution in [2.45, 2.75) is 38.0 Å². The summed E-state index contributed by atoms with van der Waals surface area (Å²) in [4.78, 5) is 47.2. The van der Waals surface area contributed by atoms with E-state index < -0.39 is 8.32 Å². The van der Waals surface area contributed by atoms with E-state index in [1.165, 1.54) is 17.0 Å². The summed E-state index contributed by atoms with van der Waals surface area (Å²) in [7, 11) is -2.28. The number of nitrogen functional groups attached to an aromatic ring is 1. The Labute approximate surface area is 227 Å². The van der Waals surface area contributed by atoms with Crippen LogP contribution in [-0.2, 0) is 4.79 Å². The van der Waals surface area contributed by atoms with Crippen molar-refractivity contribution in [2.24, 2.45) is 0 Å². The number of carbonyl (C=O) groups is 1. The zero-order chi connectivity index (χ0) is 27.6. The number of benzene rings is 2. The van der Waals surface area contributed by atoms with Gasteiger partial charge in [0.25, 0.3) is 0 Å². The molecular weight excluding hydrogens is 512 g/mol. The molecule has 1 fully saturated rings. The van der Waals surface area contributed by atoms with E-state index in [1.54, 1.807) is 39.8 Å². The van der Waals surface area contributed by atoms with Crippen LogP contribution in [0.25, 0.3) is 16.9 Å². The quantitative estimate of drug-likeness (QED) is 0.267. The number of piperidine rings is 1. The van der Waals surface area contributed by atoms with E-state index in [1.807, 2.05) is 43.4 Å². The summed E-state index contributed by atoms with van der Waals surface area (Å²) in [5.74, 6) is 1.42. The number of amides is 1. The number of rotatable bonds is 7. The van der Waals surface area contributed by atoms with Crippen LogP contribution in [0.4, 0.5) is 5.82 Å². The highest BCUT2D eigenvalue weighted by molar-refractivity contribution is 6.70. The third kappa shape index (κ3) is 5.79. The Hall–Kier alpha value is -4.22. The Morgan fingerprint density at radius 1 is 1.13 bits per heavy atom. The molecule has 0 saturated carbocycles. The smallest absolute Gasteiger partial charge is 0.335 e. The molecule has 11 heteroatoms. The Bertz CT molecular complexity index is 1560. The average molecular weight is 545 g/mol. The summed E-state index contributed by atoms with van der Waals surface area (Å²) < 4.78 is 9.05. The first kappa shape index (κ1) is 26.4. The molecule has 4 aromatic rings. The zero-order valence-electron chi connectivity index (χ0n) is 22.0. The molecule has 202 valence electrons. The van der Waals surface area contributed by atoms with E-state index >= 15 is 0 Å². The van der Waals surface area contributed by atoms with Gasteiger partial charge in [-0.2, -0.15) is 0 Å². The molecule has 5 rings (SSSR count). The molecular formula is C28H32N6O4Si. The molecule has 3 heterocycles. The third-order valence-corrected chi connectivity index (χ3v) is 7.94. The first-order chi connectivity index (χ1) is 18.7. The maximum Gasteiger partial charge on any atom is 0.335 e. The van der Waals surface area contributed by atoms with Crippen LogP contribution >= 0.6 is 0 Å². The number of hydrogen-bond acceptors (Lipinski definition) is 7. The van der Waals surface area contributed by atoms with E-state index in [-0.39, 0.29) is 23.5 Å². The van der Waals surface area contributed by atoms with Crippen molar-refractivity contribution in [3.05, 3.63) is 83.6 Å². The summed E-state index contributed by atoms with van der Waals surface area (Å²) in [6, 6.07) is 16.9. The van der Waals surface area contributed by atoms with Gasteiger partial charge in [-0.3, -0.25) is 13.9 Å². The molecule has 2 aromatic heterocycles. The molecule has 0 bridgehead atoms. The fourth-order valence-electron chi connectivity index (χ4n) is 4.84. The fraction of sp³-hybridized carbons (Fsp3) is 0.286. The SMILES string of the molecule is C[Si](C)(O)C/C=C/C(=O)N1CCC[C@H](n2c(=O)n(-c3ccc(Oc4ccccc4)cc3)c3c(N)ncnc32)C1. The maximum atomic E-state index is 13.9. The largest absolute Gasteiger partial charge is 0.457 e. The van der Waals surface area contributed by atoms with Crippen LogP contribution in [0.15, 0.2) is 77.9 Å². The van der Waals surface area contributed by atoms with Gasteiger partial charge in [-0.15, -0.1) is 0 Å². The van der Waals surface area contributed by atoms with E-state index in [9.17, 15) is 14.4 Å². The summed E-state index contributed by atoms with van der Waals surface area (Å²) in [6.45, 7) is 4.64. The molecule has 0 radical (unpaired) electrons. The summed E-state index contributed by atoms with van der Waals surface area (Å²) >= 11 is 0. The van der Waals surface area contributed by atoms with Gasteiger partial charge in [0.2, 0.25) is 5.91 Å². The maximum absolute atomic E-state index is 13.9. The lowest BCUT2D eigenvalue weighted by Crippen LogP contribution is -2.42. The lowest BCUT2D eigenvalue weighted by Gasteiger charge is -2.32. The number of likely N-dealkylation sites (tertiary alicyclic amines) is 1. The second-order valence-electron chi connectivity index (χ2n) is 10.3. The fourth-order valence-corrected chi connectivity index (χ4v) is 5.54. The summed E-state index contributed by atoms with van der Waals surface area (Å²) in [5, 5.41) is 0. The number of ether oxygens (including phenoxy) is 1. The van der Waals surface area contributed by atoms with Crippen molar-refractivity contribution in [2.75, 3.05) is 18.8 Å². The highest BCUT2D eigenvalue weighted by atomic mass is 28.4. The van der Waals surface area contributed by atoms with Gasteiger partial charge in [-0.1, -0.05) is 24.3 Å². The Morgan fingerprint density at radius 2 is 1.85 bits per heavy atom. The van der Waals surface area contributed by atoms with E-state index in [0.717, 1.165) is 12.8 Å². The highest BCUT2D eigenvalue weighted by Gasteiger charge is 2.29. The van der Waals surface area contributed by atoms with Gasteiger partial charge >= 0.3 is 5.69 Å². The van der Waals surface area contributed by atoms with Crippen LogP contribution in [0, 0.1) is 0 Å². The van der Waals surface area contributed by atoms with Crippen LogP contribution < -0.4 is 16.2 Å². The van der Waals surface area contributed by atoms with Gasteiger partial charge in [-0.05, 0) is 74.5 Å². The molecule has 10 nitrogen and oxygen atoms in total. The second-order valence-corrected chi connectivity index (χ2v) is 14.4. The van der Waals surface area contributed by atoms with Crippen molar-refractivity contribution >= 4 is 31.2 Å². The molecule has 2 aromatic carbocycles. The van der Waals surface area contributed by atoms with E-state index in [4.69, 9.17) is 10.5 Å². The van der Waals surface area contributed by atoms with Gasteiger partial charge in [0.1, 0.15) is 23.3 Å². The van der Waals surface area contributed by atoms with Gasteiger partial charge in [0, 0.05) is 13.1 Å². The first-order valence-corrected chi connectivity index (χ1v) is 16.1. The minimum Gasteiger partial charge on any atom is -0.457 e. The number of imidazole rings is 1. The molecule has 39 heavy (non-hydrogen) atoms. The minimum absolute atomic E-state index is 0.127. The highest BCUT2D eigenvalue weighted by Crippen LogP contribution is 2.28. The number of aromatic nitrogens is 4. The molecule has 1 amide bonds. The lowest BCUT2D eigenvalue weighted by atomic mass is 10.1. The standard InChI is InChI=1S/C28H32N6O4Si/c1-39(2,37)17-7-11-24(35)32-16-6-8-21(18-32)34-27-25(26(29)30-19-31-27)33(28(34)36)20-12-14-23(15-13-20)38-22-9-4-3-5-10-22/h3-5,7,9-15,19,21,37H,6,8,16-18H2,1-2H3,(H2,29,30,31)/b11-7+/t21-/m0/s1. The number of anilines is 1. The van der Waals surface area contributed by atoms with Crippen LogP contribution in [-0.4, -0.2) is 56.1 Å². The predicted molar refractivity (Wildman–Crippen MR) is 153 cm³/mol. The van der Waals surface area contributed by atoms with Crippen LogP contribution in [0.3, 0.4) is 0 Å². The number of fused-ring (bicyclic) bond motifs is 1. The first-order valence-electron chi connectivity index (χ1n) is 13.0. The third-order valence-electron chi connectivity index (χ3n) is 6.71. The molecule has 3 N–H and O–H groups in total.